The molecule has 1 saturated heterocycles. The number of quaternary nitrogens is 1. The van der Waals surface area contributed by atoms with Gasteiger partial charge in [-0.05, 0) is 0 Å². The predicted molar refractivity (Wildman–Crippen MR) is 48.8 cm³/mol. The molecule has 0 aliphatic carbocycles. The summed E-state index contributed by atoms with van der Waals surface area (Å²) in [6.45, 7) is 13.6. The molecule has 0 amide bonds. The highest BCUT2D eigenvalue weighted by molar-refractivity contribution is 4.70. The first-order chi connectivity index (χ1) is 4.99. The summed E-state index contributed by atoms with van der Waals surface area (Å²) in [5.41, 5.74) is 0.615. The fraction of sp³-hybridized carbons (Fsp3) is 1.00. The molecule has 0 aromatic carbocycles. The Balaban J connectivity index is 2.31. The van der Waals surface area contributed by atoms with Crippen molar-refractivity contribution in [2.45, 2.75) is 34.1 Å². The minimum atomic E-state index is 0.615. The van der Waals surface area contributed by atoms with E-state index >= 15 is 0 Å². The molecule has 66 valence electrons. The van der Waals surface area contributed by atoms with Gasteiger partial charge in [-0.1, -0.05) is 27.7 Å². The smallest absolute Gasteiger partial charge is 0.0824 e. The molecule has 1 aliphatic heterocycles. The SMILES string of the molecule is CC(C)C[NH+]1CCC(C)(C)C1. The van der Waals surface area contributed by atoms with Crippen molar-refractivity contribution in [3.63, 3.8) is 0 Å². The van der Waals surface area contributed by atoms with Crippen LogP contribution in [0.1, 0.15) is 34.1 Å². The van der Waals surface area contributed by atoms with Crippen LogP contribution < -0.4 is 4.90 Å². The van der Waals surface area contributed by atoms with E-state index in [-0.39, 0.29) is 0 Å². The molecule has 0 radical (unpaired) electrons. The van der Waals surface area contributed by atoms with Crippen molar-refractivity contribution < 1.29 is 4.90 Å². The van der Waals surface area contributed by atoms with Crippen LogP contribution >= 0.6 is 0 Å². The standard InChI is InChI=1S/C10H21N/c1-9(2)7-11-6-5-10(3,4)8-11/h9H,5-8H2,1-4H3/p+1. The third kappa shape index (κ3) is 2.82. The van der Waals surface area contributed by atoms with Gasteiger partial charge in [0.05, 0.1) is 19.6 Å². The molecule has 1 heteroatoms. The Morgan fingerprint density at radius 2 is 2.00 bits per heavy atom. The van der Waals surface area contributed by atoms with Crippen molar-refractivity contribution >= 4 is 0 Å². The lowest BCUT2D eigenvalue weighted by atomic mass is 9.93. The van der Waals surface area contributed by atoms with Gasteiger partial charge in [0.2, 0.25) is 0 Å². The molecule has 1 fully saturated rings. The lowest BCUT2D eigenvalue weighted by Crippen LogP contribution is -3.11. The van der Waals surface area contributed by atoms with Crippen LogP contribution in [0.5, 0.6) is 0 Å². The molecular formula is C10H22N+. The summed E-state index contributed by atoms with van der Waals surface area (Å²) in [4.78, 5) is 1.81. The summed E-state index contributed by atoms with van der Waals surface area (Å²) >= 11 is 0. The van der Waals surface area contributed by atoms with E-state index in [1.165, 1.54) is 26.1 Å². The van der Waals surface area contributed by atoms with Crippen molar-refractivity contribution in [2.24, 2.45) is 11.3 Å². The maximum atomic E-state index is 2.39. The normalized spacial score (nSPS) is 29.7. The maximum Gasteiger partial charge on any atom is 0.0824 e. The number of hydrogen-bond donors (Lipinski definition) is 1. The molecule has 1 N–H and O–H groups in total. The number of rotatable bonds is 2. The lowest BCUT2D eigenvalue weighted by molar-refractivity contribution is -0.893. The van der Waals surface area contributed by atoms with E-state index in [9.17, 15) is 0 Å². The van der Waals surface area contributed by atoms with Gasteiger partial charge in [-0.3, -0.25) is 0 Å². The molecule has 0 saturated carbocycles. The lowest BCUT2D eigenvalue weighted by Gasteiger charge is -2.17. The minimum Gasteiger partial charge on any atom is -0.334 e. The van der Waals surface area contributed by atoms with E-state index in [1.807, 2.05) is 4.90 Å². The average molecular weight is 156 g/mol. The molecule has 1 atom stereocenters. The predicted octanol–water partition coefficient (Wildman–Crippen LogP) is 0.957. The third-order valence-electron chi connectivity index (χ3n) is 2.58. The zero-order chi connectivity index (χ0) is 8.48. The zero-order valence-corrected chi connectivity index (χ0v) is 8.41. The van der Waals surface area contributed by atoms with Crippen molar-refractivity contribution in [2.75, 3.05) is 19.6 Å². The molecule has 1 unspecified atom stereocenters. The van der Waals surface area contributed by atoms with Gasteiger partial charge in [-0.2, -0.15) is 0 Å². The molecule has 0 bridgehead atoms. The maximum absolute atomic E-state index is 2.39. The van der Waals surface area contributed by atoms with Crippen LogP contribution in [0.15, 0.2) is 0 Å². The molecular weight excluding hydrogens is 134 g/mol. The molecule has 1 nitrogen and oxygen atoms in total. The molecule has 1 aliphatic rings. The molecule has 1 heterocycles. The Morgan fingerprint density at radius 3 is 2.36 bits per heavy atom. The van der Waals surface area contributed by atoms with Crippen molar-refractivity contribution in [1.82, 2.24) is 0 Å². The Kier molecular flexibility index (Phi) is 2.58. The van der Waals surface area contributed by atoms with E-state index in [0.29, 0.717) is 5.41 Å². The number of likely N-dealkylation sites (tertiary alicyclic amines) is 1. The van der Waals surface area contributed by atoms with Gasteiger partial charge >= 0.3 is 0 Å². The van der Waals surface area contributed by atoms with Crippen LogP contribution in [0.2, 0.25) is 0 Å². The van der Waals surface area contributed by atoms with Crippen molar-refractivity contribution in [3.05, 3.63) is 0 Å². The highest BCUT2D eigenvalue weighted by atomic mass is 15.2. The van der Waals surface area contributed by atoms with Gasteiger partial charge in [0, 0.05) is 17.8 Å². The summed E-state index contributed by atoms with van der Waals surface area (Å²) < 4.78 is 0. The molecule has 11 heavy (non-hydrogen) atoms. The second kappa shape index (κ2) is 3.14. The Bertz CT molecular complexity index is 127. The topological polar surface area (TPSA) is 4.44 Å². The number of hydrogen-bond acceptors (Lipinski definition) is 0. The second-order valence-electron chi connectivity index (χ2n) is 5.19. The first-order valence-electron chi connectivity index (χ1n) is 4.83. The van der Waals surface area contributed by atoms with Gasteiger partial charge in [0.25, 0.3) is 0 Å². The first-order valence-corrected chi connectivity index (χ1v) is 4.83. The highest BCUT2D eigenvalue weighted by Crippen LogP contribution is 2.19. The summed E-state index contributed by atoms with van der Waals surface area (Å²) in [6, 6.07) is 0. The van der Waals surface area contributed by atoms with Crippen LogP contribution in [0.3, 0.4) is 0 Å². The Hall–Kier alpha value is -0.0400. The van der Waals surface area contributed by atoms with Crippen molar-refractivity contribution in [1.29, 1.82) is 0 Å². The summed E-state index contributed by atoms with van der Waals surface area (Å²) in [5.74, 6) is 0.860. The summed E-state index contributed by atoms with van der Waals surface area (Å²) in [6.07, 6.45) is 1.41. The van der Waals surface area contributed by atoms with E-state index in [1.54, 1.807) is 0 Å². The summed E-state index contributed by atoms with van der Waals surface area (Å²) in [5, 5.41) is 0. The van der Waals surface area contributed by atoms with Crippen LogP contribution in [0.25, 0.3) is 0 Å². The largest absolute Gasteiger partial charge is 0.334 e. The van der Waals surface area contributed by atoms with Crippen LogP contribution in [0, 0.1) is 11.3 Å². The van der Waals surface area contributed by atoms with E-state index in [4.69, 9.17) is 0 Å². The summed E-state index contributed by atoms with van der Waals surface area (Å²) in [7, 11) is 0. The number of nitrogens with one attached hydrogen (secondary N) is 1. The average Bonchev–Trinajstić information content (AvgIpc) is 2.08. The third-order valence-corrected chi connectivity index (χ3v) is 2.58. The van der Waals surface area contributed by atoms with Gasteiger partial charge in [-0.25, -0.2) is 0 Å². The zero-order valence-electron chi connectivity index (χ0n) is 8.41. The fourth-order valence-electron chi connectivity index (χ4n) is 2.12. The quantitative estimate of drug-likeness (QED) is 0.607. The Labute approximate surface area is 70.8 Å². The Morgan fingerprint density at radius 1 is 1.36 bits per heavy atom. The van der Waals surface area contributed by atoms with Crippen LogP contribution in [0.4, 0.5) is 0 Å². The molecule has 0 aromatic heterocycles. The molecule has 0 aromatic rings. The van der Waals surface area contributed by atoms with E-state index in [2.05, 4.69) is 27.7 Å². The molecule has 0 spiro atoms. The van der Waals surface area contributed by atoms with Gasteiger partial charge in [0.15, 0.2) is 0 Å². The van der Waals surface area contributed by atoms with Gasteiger partial charge in [-0.15, -0.1) is 0 Å². The fourth-order valence-corrected chi connectivity index (χ4v) is 2.12. The monoisotopic (exact) mass is 156 g/mol. The highest BCUT2D eigenvalue weighted by Gasteiger charge is 2.32. The molecule has 1 rings (SSSR count). The van der Waals surface area contributed by atoms with Gasteiger partial charge in [0.1, 0.15) is 0 Å². The second-order valence-corrected chi connectivity index (χ2v) is 5.19. The van der Waals surface area contributed by atoms with Gasteiger partial charge < -0.3 is 4.90 Å². The van der Waals surface area contributed by atoms with E-state index in [0.717, 1.165) is 5.92 Å². The first kappa shape index (κ1) is 9.05. The van der Waals surface area contributed by atoms with Crippen molar-refractivity contribution in [3.8, 4) is 0 Å². The van der Waals surface area contributed by atoms with Crippen LogP contribution in [-0.4, -0.2) is 19.6 Å². The van der Waals surface area contributed by atoms with E-state index < -0.39 is 0 Å². The van der Waals surface area contributed by atoms with Crippen LogP contribution in [-0.2, 0) is 0 Å². The minimum absolute atomic E-state index is 0.615.